The molecule has 0 fully saturated rings. The Kier molecular flexibility index (Phi) is 5.46. The Morgan fingerprint density at radius 2 is 2.09 bits per heavy atom. The fourth-order valence-electron chi connectivity index (χ4n) is 1.88. The fraction of sp³-hybridized carbons (Fsp3) is 0.235. The van der Waals surface area contributed by atoms with E-state index in [9.17, 15) is 9.90 Å². The van der Waals surface area contributed by atoms with Crippen LogP contribution < -0.4 is 5.32 Å². The van der Waals surface area contributed by atoms with Crippen molar-refractivity contribution >= 4 is 23.7 Å². The molecule has 0 bridgehead atoms. The Morgan fingerprint density at radius 3 is 2.68 bits per heavy atom. The molecule has 22 heavy (non-hydrogen) atoms. The van der Waals surface area contributed by atoms with Gasteiger partial charge < -0.3 is 14.8 Å². The van der Waals surface area contributed by atoms with E-state index in [1.807, 2.05) is 30.5 Å². The molecule has 0 spiro atoms. The number of carbonyl (C=O) groups excluding carboxylic acids is 1. The van der Waals surface area contributed by atoms with Gasteiger partial charge in [-0.05, 0) is 49.1 Å². The van der Waals surface area contributed by atoms with Crippen molar-refractivity contribution in [3.63, 3.8) is 0 Å². The van der Waals surface area contributed by atoms with E-state index >= 15 is 0 Å². The second kappa shape index (κ2) is 7.33. The van der Waals surface area contributed by atoms with E-state index in [4.69, 9.17) is 4.42 Å². The Balaban J connectivity index is 1.88. The first-order valence-corrected chi connectivity index (χ1v) is 8.10. The van der Waals surface area contributed by atoms with Gasteiger partial charge in [-0.3, -0.25) is 4.79 Å². The summed E-state index contributed by atoms with van der Waals surface area (Å²) in [6, 6.07) is 11.3. The van der Waals surface area contributed by atoms with Crippen LogP contribution in [0.25, 0.3) is 6.08 Å². The summed E-state index contributed by atoms with van der Waals surface area (Å²) in [5.41, 5.74) is -0.279. The zero-order valence-electron chi connectivity index (χ0n) is 12.6. The van der Waals surface area contributed by atoms with E-state index in [1.54, 1.807) is 36.9 Å². The maximum Gasteiger partial charge on any atom is 0.244 e. The predicted molar refractivity (Wildman–Crippen MR) is 88.5 cm³/mol. The summed E-state index contributed by atoms with van der Waals surface area (Å²) < 4.78 is 5.16. The first kappa shape index (κ1) is 16.4. The summed E-state index contributed by atoms with van der Waals surface area (Å²) in [5, 5.41) is 12.9. The molecule has 1 aromatic heterocycles. The standard InChI is InChI=1S/C17H19NO3S/c1-17(20,15-4-3-11-21-15)12-18-16(19)10-7-13-5-8-14(22-2)9-6-13/h3-11,20H,12H2,1-2H3,(H,18,19). The van der Waals surface area contributed by atoms with E-state index in [-0.39, 0.29) is 12.5 Å². The van der Waals surface area contributed by atoms with Gasteiger partial charge in [0.25, 0.3) is 0 Å². The lowest BCUT2D eigenvalue weighted by molar-refractivity contribution is -0.117. The molecule has 1 heterocycles. The van der Waals surface area contributed by atoms with Crippen molar-refractivity contribution in [1.82, 2.24) is 5.32 Å². The van der Waals surface area contributed by atoms with Crippen molar-refractivity contribution in [3.05, 3.63) is 60.1 Å². The molecule has 4 nitrogen and oxygen atoms in total. The number of nitrogens with one attached hydrogen (secondary N) is 1. The number of furan rings is 1. The molecule has 0 aliphatic carbocycles. The van der Waals surface area contributed by atoms with Gasteiger partial charge in [-0.1, -0.05) is 12.1 Å². The summed E-state index contributed by atoms with van der Waals surface area (Å²) in [4.78, 5) is 13.0. The molecule has 2 N–H and O–H groups in total. The monoisotopic (exact) mass is 317 g/mol. The molecule has 1 atom stereocenters. The van der Waals surface area contributed by atoms with Gasteiger partial charge >= 0.3 is 0 Å². The van der Waals surface area contributed by atoms with Crippen LogP contribution in [0.3, 0.4) is 0 Å². The van der Waals surface area contributed by atoms with Gasteiger partial charge in [-0.2, -0.15) is 0 Å². The van der Waals surface area contributed by atoms with Gasteiger partial charge in [-0.25, -0.2) is 0 Å². The van der Waals surface area contributed by atoms with Crippen LogP contribution in [0.2, 0.25) is 0 Å². The second-order valence-corrected chi connectivity index (χ2v) is 5.96. The van der Waals surface area contributed by atoms with E-state index in [1.165, 1.54) is 17.2 Å². The lowest BCUT2D eigenvalue weighted by atomic mass is 10.0. The zero-order valence-corrected chi connectivity index (χ0v) is 13.4. The highest BCUT2D eigenvalue weighted by Gasteiger charge is 2.26. The highest BCUT2D eigenvalue weighted by Crippen LogP contribution is 2.19. The van der Waals surface area contributed by atoms with Crippen LogP contribution in [0.4, 0.5) is 0 Å². The molecule has 0 radical (unpaired) electrons. The largest absolute Gasteiger partial charge is 0.466 e. The molecule has 0 saturated carbocycles. The van der Waals surface area contributed by atoms with Crippen LogP contribution >= 0.6 is 11.8 Å². The SMILES string of the molecule is CSc1ccc(C=CC(=O)NCC(C)(O)c2ccco2)cc1. The van der Waals surface area contributed by atoms with Crippen LogP contribution in [0.5, 0.6) is 0 Å². The quantitative estimate of drug-likeness (QED) is 0.635. The Morgan fingerprint density at radius 1 is 1.36 bits per heavy atom. The van der Waals surface area contributed by atoms with Gasteiger partial charge in [0, 0.05) is 11.0 Å². The van der Waals surface area contributed by atoms with Crippen LogP contribution in [-0.2, 0) is 10.4 Å². The zero-order chi connectivity index (χ0) is 16.0. The van der Waals surface area contributed by atoms with E-state index < -0.39 is 5.60 Å². The summed E-state index contributed by atoms with van der Waals surface area (Å²) in [6.07, 6.45) is 6.69. The average Bonchev–Trinajstić information content (AvgIpc) is 3.07. The number of thioether (sulfide) groups is 1. The van der Waals surface area contributed by atoms with Gasteiger partial charge in [0.15, 0.2) is 0 Å². The minimum absolute atomic E-state index is 0.0785. The highest BCUT2D eigenvalue weighted by atomic mass is 32.2. The number of hydrogen-bond acceptors (Lipinski definition) is 4. The first-order chi connectivity index (χ1) is 10.5. The molecule has 0 aliphatic rings. The number of aliphatic hydroxyl groups is 1. The van der Waals surface area contributed by atoms with Crippen LogP contribution in [0.15, 0.2) is 58.1 Å². The lowest BCUT2D eigenvalue weighted by Gasteiger charge is -2.20. The van der Waals surface area contributed by atoms with Gasteiger partial charge in [0.2, 0.25) is 5.91 Å². The Labute approximate surface area is 134 Å². The smallest absolute Gasteiger partial charge is 0.244 e. The van der Waals surface area contributed by atoms with Crippen molar-refractivity contribution in [2.45, 2.75) is 17.4 Å². The topological polar surface area (TPSA) is 62.5 Å². The molecule has 2 aromatic rings. The van der Waals surface area contributed by atoms with Gasteiger partial charge in [0.05, 0.1) is 12.8 Å². The molecule has 1 aromatic carbocycles. The van der Waals surface area contributed by atoms with Gasteiger partial charge in [-0.15, -0.1) is 11.8 Å². The summed E-state index contributed by atoms with van der Waals surface area (Å²) in [5.74, 6) is 0.158. The number of benzene rings is 1. The van der Waals surface area contributed by atoms with Crippen LogP contribution in [0.1, 0.15) is 18.2 Å². The summed E-state index contributed by atoms with van der Waals surface area (Å²) in [7, 11) is 0. The second-order valence-electron chi connectivity index (χ2n) is 5.08. The number of amides is 1. The van der Waals surface area contributed by atoms with Gasteiger partial charge in [0.1, 0.15) is 11.4 Å². The first-order valence-electron chi connectivity index (χ1n) is 6.87. The normalized spacial score (nSPS) is 14.0. The molecule has 2 rings (SSSR count). The Bertz CT molecular complexity index is 630. The van der Waals surface area contributed by atoms with Crippen molar-refractivity contribution in [2.24, 2.45) is 0 Å². The molecule has 116 valence electrons. The van der Waals surface area contributed by atoms with E-state index in [0.29, 0.717) is 5.76 Å². The van der Waals surface area contributed by atoms with Crippen molar-refractivity contribution in [2.75, 3.05) is 12.8 Å². The maximum absolute atomic E-state index is 11.8. The number of carbonyl (C=O) groups is 1. The molecular formula is C17H19NO3S. The van der Waals surface area contributed by atoms with Crippen LogP contribution in [-0.4, -0.2) is 23.8 Å². The van der Waals surface area contributed by atoms with Crippen LogP contribution in [0, 0.1) is 0 Å². The summed E-state index contributed by atoms with van der Waals surface area (Å²) >= 11 is 1.67. The molecular weight excluding hydrogens is 298 g/mol. The minimum Gasteiger partial charge on any atom is -0.466 e. The third-order valence-corrected chi connectivity index (χ3v) is 3.95. The molecule has 1 unspecified atom stereocenters. The lowest BCUT2D eigenvalue weighted by Crippen LogP contribution is -2.37. The third kappa shape index (κ3) is 4.51. The molecule has 5 heteroatoms. The molecule has 1 amide bonds. The molecule has 0 aliphatic heterocycles. The minimum atomic E-state index is -1.23. The summed E-state index contributed by atoms with van der Waals surface area (Å²) in [6.45, 7) is 1.67. The predicted octanol–water partition coefficient (Wildman–Crippen LogP) is 3.04. The van der Waals surface area contributed by atoms with E-state index in [0.717, 1.165) is 5.56 Å². The van der Waals surface area contributed by atoms with Crippen molar-refractivity contribution in [1.29, 1.82) is 0 Å². The fourth-order valence-corrected chi connectivity index (χ4v) is 2.29. The average molecular weight is 317 g/mol. The molecule has 0 saturated heterocycles. The van der Waals surface area contributed by atoms with Crippen molar-refractivity contribution in [3.8, 4) is 0 Å². The maximum atomic E-state index is 11.8. The number of rotatable bonds is 6. The highest BCUT2D eigenvalue weighted by molar-refractivity contribution is 7.98. The third-order valence-electron chi connectivity index (χ3n) is 3.20. The Hall–Kier alpha value is -1.98. The number of hydrogen-bond donors (Lipinski definition) is 2. The van der Waals surface area contributed by atoms with Crippen molar-refractivity contribution < 1.29 is 14.3 Å². The van der Waals surface area contributed by atoms with E-state index in [2.05, 4.69) is 5.32 Å².